The number of amides is 1. The molecular weight excluding hydrogens is 355 g/mol. The number of anilines is 2. The Morgan fingerprint density at radius 2 is 1.96 bits per heavy atom. The summed E-state index contributed by atoms with van der Waals surface area (Å²) in [7, 11) is 0. The Kier molecular flexibility index (Phi) is 5.68. The Morgan fingerprint density at radius 1 is 1.22 bits per heavy atom. The van der Waals surface area contributed by atoms with Gasteiger partial charge in [0.05, 0.1) is 5.56 Å². The molecule has 2 aromatic rings. The van der Waals surface area contributed by atoms with Gasteiger partial charge in [-0.25, -0.2) is 0 Å². The summed E-state index contributed by atoms with van der Waals surface area (Å²) in [6.07, 6.45) is 1.69. The first-order valence-corrected chi connectivity index (χ1v) is 9.10. The highest BCUT2D eigenvalue weighted by Crippen LogP contribution is 2.30. The average molecular weight is 377 g/mol. The van der Waals surface area contributed by atoms with Crippen LogP contribution in [-0.4, -0.2) is 23.5 Å². The molecule has 1 aliphatic rings. The lowest BCUT2D eigenvalue weighted by Gasteiger charge is -2.37. The van der Waals surface area contributed by atoms with E-state index in [0.717, 1.165) is 43.6 Å². The van der Waals surface area contributed by atoms with Gasteiger partial charge in [-0.3, -0.25) is 9.78 Å². The third-order valence-electron chi connectivity index (χ3n) is 4.88. The minimum Gasteiger partial charge on any atom is -0.368 e. The topological polar surface area (TPSA) is 45.2 Å². The van der Waals surface area contributed by atoms with Gasteiger partial charge in [0.15, 0.2) is 0 Å². The van der Waals surface area contributed by atoms with E-state index in [2.05, 4.69) is 22.1 Å². The standard InChI is InChI=1S/C20H22F3N3O/c1-2-16-5-3-4-12-26(16)17-10-11-24-18(13-17)19(27)25-15-8-6-14(7-9-15)20(21,22)23/h6-11,13,16H,2-5,12H2,1H3,(H,25,27). The van der Waals surface area contributed by atoms with Crippen molar-refractivity contribution >= 4 is 17.3 Å². The van der Waals surface area contributed by atoms with Crippen molar-refractivity contribution < 1.29 is 18.0 Å². The van der Waals surface area contributed by atoms with Crippen LogP contribution in [0.4, 0.5) is 24.5 Å². The number of carbonyl (C=O) groups is 1. The molecule has 1 saturated heterocycles. The molecule has 0 bridgehead atoms. The summed E-state index contributed by atoms with van der Waals surface area (Å²) >= 11 is 0. The minimum absolute atomic E-state index is 0.243. The van der Waals surface area contributed by atoms with Crippen LogP contribution in [0.25, 0.3) is 0 Å². The van der Waals surface area contributed by atoms with E-state index < -0.39 is 17.6 Å². The van der Waals surface area contributed by atoms with Gasteiger partial charge in [0, 0.05) is 30.2 Å². The maximum atomic E-state index is 12.6. The number of nitrogens with one attached hydrogen (secondary N) is 1. The van der Waals surface area contributed by atoms with Crippen molar-refractivity contribution in [3.05, 3.63) is 53.9 Å². The van der Waals surface area contributed by atoms with Crippen molar-refractivity contribution in [3.63, 3.8) is 0 Å². The lowest BCUT2D eigenvalue weighted by atomic mass is 9.99. The van der Waals surface area contributed by atoms with Gasteiger partial charge in [-0.15, -0.1) is 0 Å². The first kappa shape index (κ1) is 19.2. The van der Waals surface area contributed by atoms with Gasteiger partial charge < -0.3 is 10.2 Å². The second kappa shape index (κ2) is 7.98. The van der Waals surface area contributed by atoms with E-state index >= 15 is 0 Å². The number of piperidine rings is 1. The van der Waals surface area contributed by atoms with E-state index in [9.17, 15) is 18.0 Å². The Balaban J connectivity index is 1.73. The predicted octanol–water partition coefficient (Wildman–Crippen LogP) is 5.12. The summed E-state index contributed by atoms with van der Waals surface area (Å²) in [6, 6.07) is 8.45. The zero-order chi connectivity index (χ0) is 19.4. The third kappa shape index (κ3) is 4.59. The van der Waals surface area contributed by atoms with Crippen LogP contribution in [-0.2, 0) is 6.18 Å². The second-order valence-corrected chi connectivity index (χ2v) is 6.68. The molecule has 0 aliphatic carbocycles. The first-order chi connectivity index (χ1) is 12.9. The molecule has 2 heterocycles. The molecule has 1 amide bonds. The van der Waals surface area contributed by atoms with Crippen LogP contribution in [0.5, 0.6) is 0 Å². The van der Waals surface area contributed by atoms with Crippen LogP contribution in [0.2, 0.25) is 0 Å². The second-order valence-electron chi connectivity index (χ2n) is 6.68. The van der Waals surface area contributed by atoms with Crippen molar-refractivity contribution in [2.45, 2.75) is 44.8 Å². The largest absolute Gasteiger partial charge is 0.416 e. The monoisotopic (exact) mass is 377 g/mol. The fraction of sp³-hybridized carbons (Fsp3) is 0.400. The highest BCUT2D eigenvalue weighted by molar-refractivity contribution is 6.03. The molecule has 27 heavy (non-hydrogen) atoms. The van der Waals surface area contributed by atoms with E-state index in [-0.39, 0.29) is 5.69 Å². The zero-order valence-corrected chi connectivity index (χ0v) is 15.1. The summed E-state index contributed by atoms with van der Waals surface area (Å²) in [5.74, 6) is -0.443. The molecule has 0 radical (unpaired) electrons. The van der Waals surface area contributed by atoms with E-state index in [1.165, 1.54) is 18.6 Å². The molecule has 144 valence electrons. The van der Waals surface area contributed by atoms with Crippen LogP contribution >= 0.6 is 0 Å². The smallest absolute Gasteiger partial charge is 0.368 e. The summed E-state index contributed by atoms with van der Waals surface area (Å²) in [4.78, 5) is 18.9. The quantitative estimate of drug-likeness (QED) is 0.804. The number of hydrogen-bond donors (Lipinski definition) is 1. The van der Waals surface area contributed by atoms with E-state index in [0.29, 0.717) is 11.7 Å². The molecule has 1 atom stereocenters. The normalized spacial score (nSPS) is 17.6. The molecule has 0 spiro atoms. The van der Waals surface area contributed by atoms with Crippen molar-refractivity contribution in [3.8, 4) is 0 Å². The van der Waals surface area contributed by atoms with Gasteiger partial charge in [-0.1, -0.05) is 6.92 Å². The van der Waals surface area contributed by atoms with Gasteiger partial charge in [-0.2, -0.15) is 13.2 Å². The Labute approximate surface area is 156 Å². The van der Waals surface area contributed by atoms with E-state index in [1.807, 2.05) is 6.07 Å². The summed E-state index contributed by atoms with van der Waals surface area (Å²) < 4.78 is 37.9. The molecule has 0 saturated carbocycles. The Bertz CT molecular complexity index is 790. The molecule has 1 unspecified atom stereocenters. The van der Waals surface area contributed by atoms with Crippen LogP contribution in [0.3, 0.4) is 0 Å². The molecule has 3 rings (SSSR count). The number of hydrogen-bond acceptors (Lipinski definition) is 3. The molecule has 1 aromatic heterocycles. The maximum absolute atomic E-state index is 12.6. The number of rotatable bonds is 4. The zero-order valence-electron chi connectivity index (χ0n) is 15.1. The van der Waals surface area contributed by atoms with Gasteiger partial charge in [-0.05, 0) is 62.1 Å². The number of halogens is 3. The Hall–Kier alpha value is -2.57. The van der Waals surface area contributed by atoms with E-state index in [1.54, 1.807) is 12.3 Å². The number of carbonyl (C=O) groups excluding carboxylic acids is 1. The van der Waals surface area contributed by atoms with Gasteiger partial charge in [0.25, 0.3) is 5.91 Å². The molecule has 1 N–H and O–H groups in total. The van der Waals surface area contributed by atoms with Gasteiger partial charge in [0.2, 0.25) is 0 Å². The number of aromatic nitrogens is 1. The van der Waals surface area contributed by atoms with Crippen LogP contribution < -0.4 is 10.2 Å². The molecular formula is C20H22F3N3O. The summed E-state index contributed by atoms with van der Waals surface area (Å²) in [5.41, 5.74) is 0.739. The third-order valence-corrected chi connectivity index (χ3v) is 4.88. The average Bonchev–Trinajstić information content (AvgIpc) is 2.67. The van der Waals surface area contributed by atoms with Crippen LogP contribution in [0.1, 0.15) is 48.7 Å². The van der Waals surface area contributed by atoms with Gasteiger partial charge in [0.1, 0.15) is 5.69 Å². The van der Waals surface area contributed by atoms with Crippen molar-refractivity contribution in [1.82, 2.24) is 4.98 Å². The summed E-state index contributed by atoms with van der Waals surface area (Å²) in [5, 5.41) is 2.60. The molecule has 1 fully saturated rings. The highest BCUT2D eigenvalue weighted by Gasteiger charge is 2.30. The lowest BCUT2D eigenvalue weighted by molar-refractivity contribution is -0.137. The molecule has 1 aromatic carbocycles. The number of pyridine rings is 1. The van der Waals surface area contributed by atoms with Crippen molar-refractivity contribution in [1.29, 1.82) is 0 Å². The molecule has 7 heteroatoms. The first-order valence-electron chi connectivity index (χ1n) is 9.10. The predicted molar refractivity (Wildman–Crippen MR) is 98.9 cm³/mol. The molecule has 1 aliphatic heterocycles. The number of nitrogens with zero attached hydrogens (tertiary/aromatic N) is 2. The fourth-order valence-corrected chi connectivity index (χ4v) is 3.42. The highest BCUT2D eigenvalue weighted by atomic mass is 19.4. The van der Waals surface area contributed by atoms with Crippen molar-refractivity contribution in [2.24, 2.45) is 0 Å². The Morgan fingerprint density at radius 3 is 2.63 bits per heavy atom. The van der Waals surface area contributed by atoms with Crippen molar-refractivity contribution in [2.75, 3.05) is 16.8 Å². The number of alkyl halides is 3. The van der Waals surface area contributed by atoms with Crippen LogP contribution in [0, 0.1) is 0 Å². The maximum Gasteiger partial charge on any atom is 0.416 e. The summed E-state index contributed by atoms with van der Waals surface area (Å²) in [6.45, 7) is 3.10. The minimum atomic E-state index is -4.40. The van der Waals surface area contributed by atoms with Crippen LogP contribution in [0.15, 0.2) is 42.6 Å². The lowest BCUT2D eigenvalue weighted by Crippen LogP contribution is -2.39. The molecule has 4 nitrogen and oxygen atoms in total. The fourth-order valence-electron chi connectivity index (χ4n) is 3.42. The number of benzene rings is 1. The van der Waals surface area contributed by atoms with E-state index in [4.69, 9.17) is 0 Å². The van der Waals surface area contributed by atoms with Gasteiger partial charge >= 0.3 is 6.18 Å². The SMILES string of the molecule is CCC1CCCCN1c1ccnc(C(=O)Nc2ccc(C(F)(F)F)cc2)c1.